The van der Waals surface area contributed by atoms with Gasteiger partial charge in [0.1, 0.15) is 11.0 Å². The lowest BCUT2D eigenvalue weighted by molar-refractivity contribution is 0.102. The predicted molar refractivity (Wildman–Crippen MR) is 82.4 cm³/mol. The van der Waals surface area contributed by atoms with Gasteiger partial charge in [-0.2, -0.15) is 8.75 Å². The van der Waals surface area contributed by atoms with Gasteiger partial charge in [0.05, 0.1) is 27.5 Å². The molecule has 1 aromatic carbocycles. The van der Waals surface area contributed by atoms with Crippen LogP contribution < -0.4 is 5.32 Å². The van der Waals surface area contributed by atoms with Gasteiger partial charge in [0.15, 0.2) is 10.8 Å². The van der Waals surface area contributed by atoms with E-state index in [1.165, 1.54) is 18.2 Å². The van der Waals surface area contributed by atoms with E-state index in [0.717, 1.165) is 11.7 Å². The number of anilines is 1. The van der Waals surface area contributed by atoms with Gasteiger partial charge in [-0.1, -0.05) is 34.8 Å². The molecule has 0 radical (unpaired) electrons. The summed E-state index contributed by atoms with van der Waals surface area (Å²) in [6, 6.07) is 4.41. The highest BCUT2D eigenvalue weighted by molar-refractivity contribution is 7.00. The molecule has 2 aromatic heterocycles. The molecule has 1 amide bonds. The lowest BCUT2D eigenvalue weighted by Crippen LogP contribution is -2.15. The maximum atomic E-state index is 12.1. The largest absolute Gasteiger partial charge is 0.317 e. The smallest absolute Gasteiger partial charge is 0.276 e. The molecule has 3 aromatic rings. The Bertz CT molecular complexity index is 836. The fourth-order valence-corrected chi connectivity index (χ4v) is 2.87. The number of rotatable bonds is 2. The zero-order chi connectivity index (χ0) is 15.0. The number of nitrogens with zero attached hydrogens (tertiary/aromatic N) is 4. The Hall–Kier alpha value is -1.54. The molecule has 6 nitrogen and oxygen atoms in total. The van der Waals surface area contributed by atoms with Crippen LogP contribution in [0, 0.1) is 0 Å². The van der Waals surface area contributed by atoms with E-state index in [9.17, 15) is 4.79 Å². The second-order valence-corrected chi connectivity index (χ2v) is 5.60. The maximum absolute atomic E-state index is 12.1. The number of fused-ring (bicyclic) bond motifs is 1. The first-order chi connectivity index (χ1) is 10.1. The topological polar surface area (TPSA) is 80.7 Å². The standard InChI is InChI=1S/C11H4Cl3N5OS/c12-4-3-5(13)9-10(19-21-18-9)8(4)15-11(20)6-1-2-7(14)17-16-6/h1-3H,(H,15,20). The van der Waals surface area contributed by atoms with Crippen LogP contribution in [0.1, 0.15) is 10.5 Å². The molecule has 0 aliphatic heterocycles. The normalized spacial score (nSPS) is 10.8. The highest BCUT2D eigenvalue weighted by Crippen LogP contribution is 2.35. The average Bonchev–Trinajstić information content (AvgIpc) is 2.93. The van der Waals surface area contributed by atoms with Crippen LogP contribution in [0.4, 0.5) is 5.69 Å². The first kappa shape index (κ1) is 14.4. The van der Waals surface area contributed by atoms with Crippen molar-refractivity contribution in [2.75, 3.05) is 5.32 Å². The van der Waals surface area contributed by atoms with Crippen molar-refractivity contribution in [1.29, 1.82) is 0 Å². The van der Waals surface area contributed by atoms with E-state index in [0.29, 0.717) is 21.7 Å². The third kappa shape index (κ3) is 2.77. The van der Waals surface area contributed by atoms with Crippen molar-refractivity contribution in [3.63, 3.8) is 0 Å². The molecule has 3 rings (SSSR count). The molecule has 21 heavy (non-hydrogen) atoms. The molecule has 10 heteroatoms. The molecule has 0 unspecified atom stereocenters. The molecule has 1 N–H and O–H groups in total. The number of amides is 1. The molecule has 0 atom stereocenters. The molecule has 0 saturated heterocycles. The Morgan fingerprint density at radius 1 is 1.05 bits per heavy atom. The molecule has 0 spiro atoms. The summed E-state index contributed by atoms with van der Waals surface area (Å²) >= 11 is 18.7. The molecule has 0 aliphatic carbocycles. The monoisotopic (exact) mass is 359 g/mol. The van der Waals surface area contributed by atoms with Crippen LogP contribution in [-0.4, -0.2) is 24.9 Å². The second kappa shape index (κ2) is 5.69. The zero-order valence-corrected chi connectivity index (χ0v) is 13.1. The van der Waals surface area contributed by atoms with Crippen molar-refractivity contribution in [2.24, 2.45) is 0 Å². The Labute approximate surface area is 137 Å². The fourth-order valence-electron chi connectivity index (χ4n) is 1.61. The number of hydrogen-bond acceptors (Lipinski definition) is 6. The fraction of sp³-hybridized carbons (Fsp3) is 0. The van der Waals surface area contributed by atoms with Crippen LogP contribution in [0.2, 0.25) is 15.2 Å². The van der Waals surface area contributed by atoms with Gasteiger partial charge in [-0.3, -0.25) is 4.79 Å². The van der Waals surface area contributed by atoms with E-state index in [4.69, 9.17) is 34.8 Å². The number of benzene rings is 1. The SMILES string of the molecule is O=C(Nc1c(Cl)cc(Cl)c2nsnc12)c1ccc(Cl)nn1. The Morgan fingerprint density at radius 2 is 1.81 bits per heavy atom. The van der Waals surface area contributed by atoms with Crippen molar-refractivity contribution < 1.29 is 4.79 Å². The summed E-state index contributed by atoms with van der Waals surface area (Å²) in [6.45, 7) is 0. The van der Waals surface area contributed by atoms with Crippen molar-refractivity contribution in [2.45, 2.75) is 0 Å². The lowest BCUT2D eigenvalue weighted by atomic mass is 10.2. The van der Waals surface area contributed by atoms with E-state index in [-0.39, 0.29) is 15.9 Å². The van der Waals surface area contributed by atoms with Crippen LogP contribution >= 0.6 is 46.5 Å². The zero-order valence-electron chi connectivity index (χ0n) is 9.97. The van der Waals surface area contributed by atoms with E-state index in [1.54, 1.807) is 0 Å². The summed E-state index contributed by atoms with van der Waals surface area (Å²) in [7, 11) is 0. The molecule has 0 aliphatic rings. The number of carbonyl (C=O) groups excluding carboxylic acids is 1. The quantitative estimate of drug-likeness (QED) is 0.753. The Morgan fingerprint density at radius 3 is 2.52 bits per heavy atom. The third-order valence-corrected chi connectivity index (χ3v) is 3.86. The minimum absolute atomic E-state index is 0.0988. The number of halogens is 3. The van der Waals surface area contributed by atoms with Crippen molar-refractivity contribution in [3.8, 4) is 0 Å². The van der Waals surface area contributed by atoms with Gasteiger partial charge in [-0.25, -0.2) is 0 Å². The van der Waals surface area contributed by atoms with Crippen molar-refractivity contribution in [1.82, 2.24) is 18.9 Å². The van der Waals surface area contributed by atoms with E-state index in [2.05, 4.69) is 24.3 Å². The number of carbonyl (C=O) groups is 1. The first-order valence-corrected chi connectivity index (χ1v) is 7.33. The number of nitrogens with one attached hydrogen (secondary N) is 1. The second-order valence-electron chi connectivity index (χ2n) is 3.87. The summed E-state index contributed by atoms with van der Waals surface area (Å²) in [5, 5.41) is 10.8. The van der Waals surface area contributed by atoms with Gasteiger partial charge in [0.2, 0.25) is 0 Å². The van der Waals surface area contributed by atoms with Gasteiger partial charge in [0.25, 0.3) is 5.91 Å². The number of aromatic nitrogens is 4. The molecule has 106 valence electrons. The molecule has 2 heterocycles. The number of hydrogen-bond donors (Lipinski definition) is 1. The van der Waals surface area contributed by atoms with Crippen LogP contribution in [0.3, 0.4) is 0 Å². The molecule has 0 fully saturated rings. The third-order valence-electron chi connectivity index (χ3n) is 2.55. The minimum Gasteiger partial charge on any atom is -0.317 e. The Balaban J connectivity index is 2.00. The minimum atomic E-state index is -0.488. The Kier molecular flexibility index (Phi) is 3.90. The van der Waals surface area contributed by atoms with Gasteiger partial charge in [-0.05, 0) is 18.2 Å². The maximum Gasteiger partial charge on any atom is 0.276 e. The van der Waals surface area contributed by atoms with Crippen LogP contribution in [0.15, 0.2) is 18.2 Å². The van der Waals surface area contributed by atoms with E-state index in [1.807, 2.05) is 0 Å². The summed E-state index contributed by atoms with van der Waals surface area (Å²) in [5.41, 5.74) is 1.32. The highest BCUT2D eigenvalue weighted by atomic mass is 35.5. The van der Waals surface area contributed by atoms with Gasteiger partial charge >= 0.3 is 0 Å². The lowest BCUT2D eigenvalue weighted by Gasteiger charge is -2.07. The molecule has 0 saturated carbocycles. The molecular formula is C11H4Cl3N5OS. The first-order valence-electron chi connectivity index (χ1n) is 5.47. The van der Waals surface area contributed by atoms with Crippen molar-refractivity contribution in [3.05, 3.63) is 39.1 Å². The molecular weight excluding hydrogens is 357 g/mol. The summed E-state index contributed by atoms with van der Waals surface area (Å²) in [6.07, 6.45) is 0. The van der Waals surface area contributed by atoms with Gasteiger partial charge in [0, 0.05) is 0 Å². The van der Waals surface area contributed by atoms with Crippen LogP contribution in [0.25, 0.3) is 11.0 Å². The van der Waals surface area contributed by atoms with Gasteiger partial charge < -0.3 is 5.32 Å². The predicted octanol–water partition coefficient (Wildman–Crippen LogP) is 3.69. The van der Waals surface area contributed by atoms with Crippen LogP contribution in [-0.2, 0) is 0 Å². The molecule has 0 bridgehead atoms. The summed E-state index contributed by atoms with van der Waals surface area (Å²) in [4.78, 5) is 12.1. The van der Waals surface area contributed by atoms with E-state index < -0.39 is 5.91 Å². The average molecular weight is 361 g/mol. The van der Waals surface area contributed by atoms with Crippen LogP contribution in [0.5, 0.6) is 0 Å². The van der Waals surface area contributed by atoms with E-state index >= 15 is 0 Å². The van der Waals surface area contributed by atoms with Gasteiger partial charge in [-0.15, -0.1) is 10.2 Å². The summed E-state index contributed by atoms with van der Waals surface area (Å²) in [5.74, 6) is -0.488. The van der Waals surface area contributed by atoms with Crippen molar-refractivity contribution >= 4 is 69.2 Å². The highest BCUT2D eigenvalue weighted by Gasteiger charge is 2.17. The summed E-state index contributed by atoms with van der Waals surface area (Å²) < 4.78 is 8.15.